The van der Waals surface area contributed by atoms with Crippen LogP contribution in [0.15, 0.2) is 0 Å². The molecule has 0 rings (SSSR count). The van der Waals surface area contributed by atoms with E-state index in [1.807, 2.05) is 0 Å². The van der Waals surface area contributed by atoms with E-state index in [-0.39, 0.29) is 25.0 Å². The smallest absolute Gasteiger partial charge is 0.307 e. The van der Waals surface area contributed by atoms with Gasteiger partial charge in [-0.05, 0) is 0 Å². The van der Waals surface area contributed by atoms with Gasteiger partial charge in [-0.2, -0.15) is 0 Å². The predicted octanol–water partition coefficient (Wildman–Crippen LogP) is 0.146. The lowest BCUT2D eigenvalue weighted by atomic mass is 10.5. The van der Waals surface area contributed by atoms with Crippen LogP contribution in [0.3, 0.4) is 0 Å². The minimum absolute atomic E-state index is 0.240. The van der Waals surface area contributed by atoms with Crippen LogP contribution in [0.2, 0.25) is 0 Å². The number of esters is 2. The summed E-state index contributed by atoms with van der Waals surface area (Å²) in [6.07, 6.45) is 0.240. The standard InChI is InChI=1S/C10H18O6/c1-9(11)16-8-7-15-6-5-14-4-3-10(12)13-2/h3-8H2,1-2H3. The summed E-state index contributed by atoms with van der Waals surface area (Å²) in [5.41, 5.74) is 0. The molecule has 0 radical (unpaired) electrons. The maximum atomic E-state index is 10.7. The Hall–Kier alpha value is -1.14. The van der Waals surface area contributed by atoms with E-state index in [1.165, 1.54) is 14.0 Å². The SMILES string of the molecule is COC(=O)CCOCCOCCOC(C)=O. The van der Waals surface area contributed by atoms with Gasteiger partial charge < -0.3 is 18.9 Å². The summed E-state index contributed by atoms with van der Waals surface area (Å²) < 4.78 is 19.3. The van der Waals surface area contributed by atoms with Gasteiger partial charge in [-0.25, -0.2) is 0 Å². The number of hydrogen-bond donors (Lipinski definition) is 0. The van der Waals surface area contributed by atoms with Crippen LogP contribution in [-0.4, -0.2) is 52.1 Å². The van der Waals surface area contributed by atoms with Crippen molar-refractivity contribution in [1.29, 1.82) is 0 Å². The minimum atomic E-state index is -0.321. The van der Waals surface area contributed by atoms with Gasteiger partial charge in [-0.3, -0.25) is 9.59 Å². The average molecular weight is 234 g/mol. The molecule has 94 valence electrons. The summed E-state index contributed by atoms with van der Waals surface area (Å²) in [6.45, 7) is 3.06. The van der Waals surface area contributed by atoms with Gasteiger partial charge in [0.1, 0.15) is 6.61 Å². The van der Waals surface area contributed by atoms with Gasteiger partial charge in [0.05, 0.1) is 40.0 Å². The number of rotatable bonds is 9. The first-order valence-electron chi connectivity index (χ1n) is 5.02. The van der Waals surface area contributed by atoms with E-state index in [1.54, 1.807) is 0 Å². The van der Waals surface area contributed by atoms with Crippen LogP contribution < -0.4 is 0 Å². The molecule has 0 N–H and O–H groups in total. The molecule has 16 heavy (non-hydrogen) atoms. The van der Waals surface area contributed by atoms with Crippen LogP contribution in [0.1, 0.15) is 13.3 Å². The van der Waals surface area contributed by atoms with Crippen LogP contribution in [-0.2, 0) is 28.5 Å². The summed E-state index contributed by atoms with van der Waals surface area (Å²) in [5.74, 6) is -0.617. The van der Waals surface area contributed by atoms with Crippen molar-refractivity contribution < 1.29 is 28.5 Å². The third-order valence-corrected chi connectivity index (χ3v) is 1.58. The predicted molar refractivity (Wildman–Crippen MR) is 54.9 cm³/mol. The highest BCUT2D eigenvalue weighted by atomic mass is 16.6. The molecule has 0 amide bonds. The van der Waals surface area contributed by atoms with Crippen LogP contribution >= 0.6 is 0 Å². The van der Waals surface area contributed by atoms with Crippen LogP contribution in [0.25, 0.3) is 0 Å². The monoisotopic (exact) mass is 234 g/mol. The van der Waals surface area contributed by atoms with Gasteiger partial charge in [0.2, 0.25) is 0 Å². The Bertz CT molecular complexity index is 203. The molecule has 0 saturated carbocycles. The highest BCUT2D eigenvalue weighted by Crippen LogP contribution is 1.87. The fourth-order valence-corrected chi connectivity index (χ4v) is 0.824. The molecular weight excluding hydrogens is 216 g/mol. The lowest BCUT2D eigenvalue weighted by Crippen LogP contribution is -2.12. The Morgan fingerprint density at radius 2 is 1.50 bits per heavy atom. The van der Waals surface area contributed by atoms with E-state index >= 15 is 0 Å². The van der Waals surface area contributed by atoms with E-state index < -0.39 is 0 Å². The summed E-state index contributed by atoms with van der Waals surface area (Å²) in [6, 6.07) is 0. The van der Waals surface area contributed by atoms with Crippen LogP contribution in [0.5, 0.6) is 0 Å². The van der Waals surface area contributed by atoms with Crippen LogP contribution in [0, 0.1) is 0 Å². The van der Waals surface area contributed by atoms with Crippen molar-refractivity contribution >= 4 is 11.9 Å². The van der Waals surface area contributed by atoms with Gasteiger partial charge in [0, 0.05) is 6.92 Å². The zero-order valence-electron chi connectivity index (χ0n) is 9.69. The van der Waals surface area contributed by atoms with Crippen molar-refractivity contribution in [3.05, 3.63) is 0 Å². The fraction of sp³-hybridized carbons (Fsp3) is 0.800. The number of methoxy groups -OCH3 is 1. The molecule has 0 aliphatic carbocycles. The Morgan fingerprint density at radius 3 is 2.06 bits per heavy atom. The van der Waals surface area contributed by atoms with Crippen molar-refractivity contribution in [2.45, 2.75) is 13.3 Å². The van der Waals surface area contributed by atoms with Crippen molar-refractivity contribution in [2.24, 2.45) is 0 Å². The molecule has 0 aliphatic heterocycles. The second kappa shape index (κ2) is 10.4. The highest BCUT2D eigenvalue weighted by Gasteiger charge is 1.99. The average Bonchev–Trinajstić information content (AvgIpc) is 2.26. The maximum absolute atomic E-state index is 10.7. The molecule has 0 aromatic carbocycles. The molecule has 0 unspecified atom stereocenters. The number of hydrogen-bond acceptors (Lipinski definition) is 6. The highest BCUT2D eigenvalue weighted by molar-refractivity contribution is 5.69. The summed E-state index contributed by atoms with van der Waals surface area (Å²) in [7, 11) is 1.33. The van der Waals surface area contributed by atoms with E-state index in [0.29, 0.717) is 26.4 Å². The number of carbonyl (C=O) groups excluding carboxylic acids is 2. The zero-order chi connectivity index (χ0) is 12.2. The second-order valence-electron chi connectivity index (χ2n) is 2.89. The topological polar surface area (TPSA) is 71.1 Å². The van der Waals surface area contributed by atoms with Crippen molar-refractivity contribution in [3.8, 4) is 0 Å². The lowest BCUT2D eigenvalue weighted by molar-refractivity contribution is -0.142. The van der Waals surface area contributed by atoms with Gasteiger partial charge >= 0.3 is 11.9 Å². The van der Waals surface area contributed by atoms with Gasteiger partial charge in [0.15, 0.2) is 0 Å². The molecule has 0 bridgehead atoms. The number of ether oxygens (including phenoxy) is 4. The Morgan fingerprint density at radius 1 is 0.938 bits per heavy atom. The van der Waals surface area contributed by atoms with E-state index in [4.69, 9.17) is 9.47 Å². The first kappa shape index (κ1) is 14.9. The Labute approximate surface area is 94.8 Å². The Balaban J connectivity index is 3.04. The van der Waals surface area contributed by atoms with Crippen LogP contribution in [0.4, 0.5) is 0 Å². The van der Waals surface area contributed by atoms with Crippen molar-refractivity contribution in [3.63, 3.8) is 0 Å². The molecule has 6 nitrogen and oxygen atoms in total. The largest absolute Gasteiger partial charge is 0.469 e. The first-order valence-corrected chi connectivity index (χ1v) is 5.02. The molecule has 0 spiro atoms. The third kappa shape index (κ3) is 10.9. The quantitative estimate of drug-likeness (QED) is 0.417. The summed E-state index contributed by atoms with van der Waals surface area (Å²) in [5, 5.41) is 0. The van der Waals surface area contributed by atoms with Gasteiger partial charge in [-0.1, -0.05) is 0 Å². The third-order valence-electron chi connectivity index (χ3n) is 1.58. The van der Waals surface area contributed by atoms with E-state index in [2.05, 4.69) is 9.47 Å². The van der Waals surface area contributed by atoms with E-state index in [9.17, 15) is 9.59 Å². The Kier molecular flexibility index (Phi) is 9.64. The normalized spacial score (nSPS) is 9.88. The molecule has 0 heterocycles. The van der Waals surface area contributed by atoms with Gasteiger partial charge in [-0.15, -0.1) is 0 Å². The zero-order valence-corrected chi connectivity index (χ0v) is 9.69. The molecule has 0 atom stereocenters. The molecule has 0 aromatic rings. The molecule has 0 aliphatic rings. The minimum Gasteiger partial charge on any atom is -0.469 e. The lowest BCUT2D eigenvalue weighted by Gasteiger charge is -2.05. The van der Waals surface area contributed by atoms with Crippen molar-refractivity contribution in [2.75, 3.05) is 40.1 Å². The molecule has 0 fully saturated rings. The summed E-state index contributed by atoms with van der Waals surface area (Å²) in [4.78, 5) is 21.0. The first-order chi connectivity index (χ1) is 7.66. The summed E-state index contributed by atoms with van der Waals surface area (Å²) >= 11 is 0. The molecular formula is C10H18O6. The fourth-order valence-electron chi connectivity index (χ4n) is 0.824. The molecule has 6 heteroatoms. The molecule has 0 saturated heterocycles. The van der Waals surface area contributed by atoms with Gasteiger partial charge in [0.25, 0.3) is 0 Å². The second-order valence-corrected chi connectivity index (χ2v) is 2.89. The molecule has 0 aromatic heterocycles. The van der Waals surface area contributed by atoms with E-state index in [0.717, 1.165) is 0 Å². The number of carbonyl (C=O) groups is 2. The van der Waals surface area contributed by atoms with Crippen molar-refractivity contribution in [1.82, 2.24) is 0 Å². The maximum Gasteiger partial charge on any atom is 0.307 e.